The zero-order valence-corrected chi connectivity index (χ0v) is 9.04. The second-order valence-electron chi connectivity index (χ2n) is 3.47. The quantitative estimate of drug-likeness (QED) is 0.803. The summed E-state index contributed by atoms with van der Waals surface area (Å²) in [4.78, 5) is 24.4. The minimum absolute atomic E-state index is 0.104. The van der Waals surface area contributed by atoms with Crippen molar-refractivity contribution in [1.29, 1.82) is 0 Å². The van der Waals surface area contributed by atoms with Crippen LogP contribution in [-0.4, -0.2) is 22.3 Å². The zero-order valence-electron chi connectivity index (χ0n) is 9.04. The minimum Gasteiger partial charge on any atom is -0.328 e. The van der Waals surface area contributed by atoms with Crippen LogP contribution < -0.4 is 17.0 Å². The van der Waals surface area contributed by atoms with Gasteiger partial charge in [0.05, 0.1) is 0 Å². The number of aromatic nitrogens is 2. The van der Waals surface area contributed by atoms with Crippen molar-refractivity contribution in [3.05, 3.63) is 32.6 Å². The van der Waals surface area contributed by atoms with Crippen molar-refractivity contribution >= 4 is 0 Å². The van der Waals surface area contributed by atoms with Crippen LogP contribution in [0.2, 0.25) is 0 Å². The molecule has 17 heavy (non-hydrogen) atoms. The van der Waals surface area contributed by atoms with Crippen LogP contribution in [-0.2, 0) is 6.42 Å². The molecule has 0 bridgehead atoms. The van der Waals surface area contributed by atoms with Gasteiger partial charge in [0.2, 0.25) is 0 Å². The molecule has 5 nitrogen and oxygen atoms in total. The molecule has 0 spiro atoms. The van der Waals surface area contributed by atoms with E-state index in [2.05, 4.69) is 0 Å². The number of nitrogens with one attached hydrogen (secondary N) is 1. The third kappa shape index (κ3) is 2.76. The van der Waals surface area contributed by atoms with Crippen molar-refractivity contribution in [2.45, 2.75) is 25.6 Å². The first-order chi connectivity index (χ1) is 7.81. The van der Waals surface area contributed by atoms with E-state index < -0.39 is 30.0 Å². The number of alkyl halides is 3. The molecule has 0 saturated heterocycles. The molecule has 0 aliphatic carbocycles. The van der Waals surface area contributed by atoms with Crippen molar-refractivity contribution in [3.63, 3.8) is 0 Å². The number of hydrogen-bond donors (Lipinski definition) is 2. The van der Waals surface area contributed by atoms with Crippen molar-refractivity contribution < 1.29 is 13.2 Å². The van der Waals surface area contributed by atoms with Crippen LogP contribution in [0.15, 0.2) is 15.8 Å². The molecule has 1 atom stereocenters. The molecule has 1 heterocycles. The molecular weight excluding hydrogens is 239 g/mol. The summed E-state index contributed by atoms with van der Waals surface area (Å²) in [7, 11) is 0. The van der Waals surface area contributed by atoms with Gasteiger partial charge in [0.25, 0.3) is 5.56 Å². The number of aryl methyl sites for hydroxylation is 1. The summed E-state index contributed by atoms with van der Waals surface area (Å²) in [5, 5.41) is 0. The molecular formula is C9H12F3N3O2. The van der Waals surface area contributed by atoms with Gasteiger partial charge in [-0.2, -0.15) is 13.2 Å². The second-order valence-corrected chi connectivity index (χ2v) is 3.47. The Morgan fingerprint density at radius 1 is 1.47 bits per heavy atom. The predicted molar refractivity (Wildman–Crippen MR) is 54.8 cm³/mol. The highest BCUT2D eigenvalue weighted by Gasteiger charge is 2.40. The summed E-state index contributed by atoms with van der Waals surface area (Å²) in [6.45, 7) is 0.836. The van der Waals surface area contributed by atoms with Gasteiger partial charge in [0, 0.05) is 18.3 Å². The van der Waals surface area contributed by atoms with E-state index in [1.807, 2.05) is 4.98 Å². The van der Waals surface area contributed by atoms with E-state index in [9.17, 15) is 22.8 Å². The van der Waals surface area contributed by atoms with Crippen molar-refractivity contribution in [2.75, 3.05) is 6.54 Å². The van der Waals surface area contributed by atoms with Crippen LogP contribution in [0, 0.1) is 0 Å². The van der Waals surface area contributed by atoms with E-state index in [0.717, 1.165) is 6.20 Å². The zero-order chi connectivity index (χ0) is 13.2. The summed E-state index contributed by atoms with van der Waals surface area (Å²) >= 11 is 0. The largest absolute Gasteiger partial charge is 0.410 e. The molecule has 96 valence electrons. The maximum absolute atomic E-state index is 12.6. The van der Waals surface area contributed by atoms with Gasteiger partial charge in [0.1, 0.15) is 6.04 Å². The Balaban J connectivity index is 3.40. The number of rotatable bonds is 3. The Morgan fingerprint density at radius 3 is 2.47 bits per heavy atom. The van der Waals surface area contributed by atoms with Crippen LogP contribution in [0.1, 0.15) is 18.5 Å². The van der Waals surface area contributed by atoms with E-state index in [0.29, 0.717) is 4.57 Å². The van der Waals surface area contributed by atoms with Crippen LogP contribution in [0.5, 0.6) is 0 Å². The third-order valence-corrected chi connectivity index (χ3v) is 2.36. The molecule has 0 aliphatic rings. The number of halogens is 3. The minimum atomic E-state index is -4.64. The fourth-order valence-electron chi connectivity index (χ4n) is 1.42. The average molecular weight is 251 g/mol. The van der Waals surface area contributed by atoms with Gasteiger partial charge in [0.15, 0.2) is 0 Å². The van der Waals surface area contributed by atoms with Crippen LogP contribution in [0.25, 0.3) is 0 Å². The Kier molecular flexibility index (Phi) is 3.76. The summed E-state index contributed by atoms with van der Waals surface area (Å²) in [6, 6.07) is -2.13. The number of aromatic amines is 1. The standard InChI is InChI=1S/C9H12F3N3O2/c1-2-5-4-15(8(17)14-7(5)16)6(3-13)9(10,11)12/h4,6H,2-3,13H2,1H3,(H,14,16,17). The molecule has 1 rings (SSSR count). The van der Waals surface area contributed by atoms with Gasteiger partial charge in [-0.3, -0.25) is 14.3 Å². The highest BCUT2D eigenvalue weighted by molar-refractivity contribution is 5.05. The lowest BCUT2D eigenvalue weighted by Crippen LogP contribution is -2.42. The maximum Gasteiger partial charge on any atom is 0.410 e. The highest BCUT2D eigenvalue weighted by atomic mass is 19.4. The first-order valence-electron chi connectivity index (χ1n) is 4.92. The van der Waals surface area contributed by atoms with Crippen LogP contribution in [0.3, 0.4) is 0 Å². The fraction of sp³-hybridized carbons (Fsp3) is 0.556. The Hall–Kier alpha value is -1.57. The Bertz CT molecular complexity index is 503. The molecule has 0 amide bonds. The molecule has 1 aromatic rings. The first kappa shape index (κ1) is 13.5. The molecule has 8 heteroatoms. The van der Waals surface area contributed by atoms with Crippen molar-refractivity contribution in [2.24, 2.45) is 5.73 Å². The number of nitrogens with zero attached hydrogens (tertiary/aromatic N) is 1. The summed E-state index contributed by atoms with van der Waals surface area (Å²) < 4.78 is 38.2. The topological polar surface area (TPSA) is 80.9 Å². The van der Waals surface area contributed by atoms with Gasteiger partial charge in [-0.05, 0) is 6.42 Å². The lowest BCUT2D eigenvalue weighted by Gasteiger charge is -2.20. The molecule has 0 fully saturated rings. The maximum atomic E-state index is 12.6. The molecule has 0 saturated carbocycles. The summed E-state index contributed by atoms with van der Waals surface area (Å²) in [5.41, 5.74) is 3.34. The lowest BCUT2D eigenvalue weighted by atomic mass is 10.2. The molecule has 0 radical (unpaired) electrons. The molecule has 0 aromatic carbocycles. The van der Waals surface area contributed by atoms with Gasteiger partial charge in [-0.1, -0.05) is 6.92 Å². The highest BCUT2D eigenvalue weighted by Crippen LogP contribution is 2.28. The van der Waals surface area contributed by atoms with Gasteiger partial charge < -0.3 is 5.73 Å². The monoisotopic (exact) mass is 251 g/mol. The Labute approximate surface area is 94.1 Å². The van der Waals surface area contributed by atoms with Gasteiger partial charge in [-0.15, -0.1) is 0 Å². The van der Waals surface area contributed by atoms with E-state index in [1.54, 1.807) is 6.92 Å². The molecule has 1 unspecified atom stereocenters. The van der Waals surface area contributed by atoms with Gasteiger partial charge in [-0.25, -0.2) is 4.79 Å². The first-order valence-corrected chi connectivity index (χ1v) is 4.92. The number of nitrogens with two attached hydrogens (primary N) is 1. The Morgan fingerprint density at radius 2 is 2.06 bits per heavy atom. The summed E-state index contributed by atoms with van der Waals surface area (Å²) in [5.74, 6) is 0. The van der Waals surface area contributed by atoms with Crippen molar-refractivity contribution in [3.8, 4) is 0 Å². The summed E-state index contributed by atoms with van der Waals surface area (Å²) in [6.07, 6.45) is -3.50. The normalized spacial score (nSPS) is 13.7. The fourth-order valence-corrected chi connectivity index (χ4v) is 1.42. The number of H-pyrrole nitrogens is 1. The van der Waals surface area contributed by atoms with E-state index in [4.69, 9.17) is 5.73 Å². The van der Waals surface area contributed by atoms with E-state index in [-0.39, 0.29) is 12.0 Å². The number of hydrogen-bond acceptors (Lipinski definition) is 3. The molecule has 3 N–H and O–H groups in total. The van der Waals surface area contributed by atoms with E-state index >= 15 is 0 Å². The predicted octanol–water partition coefficient (Wildman–Crippen LogP) is 0.161. The molecule has 0 aliphatic heterocycles. The SMILES string of the molecule is CCc1cn(C(CN)C(F)(F)F)c(=O)[nH]c1=O. The second kappa shape index (κ2) is 4.74. The van der Waals surface area contributed by atoms with Crippen LogP contribution >= 0.6 is 0 Å². The average Bonchev–Trinajstić information content (AvgIpc) is 2.20. The smallest absolute Gasteiger partial charge is 0.328 e. The third-order valence-electron chi connectivity index (χ3n) is 2.36. The molecule has 1 aromatic heterocycles. The van der Waals surface area contributed by atoms with Gasteiger partial charge >= 0.3 is 11.9 Å². The van der Waals surface area contributed by atoms with Crippen molar-refractivity contribution in [1.82, 2.24) is 9.55 Å². The van der Waals surface area contributed by atoms with Crippen LogP contribution in [0.4, 0.5) is 13.2 Å². The lowest BCUT2D eigenvalue weighted by molar-refractivity contribution is -0.166. The van der Waals surface area contributed by atoms with E-state index in [1.165, 1.54) is 0 Å².